The lowest BCUT2D eigenvalue weighted by atomic mass is 10.3. The monoisotopic (exact) mass is 275 g/mol. The van der Waals surface area contributed by atoms with Crippen LogP contribution in [0.25, 0.3) is 0 Å². The van der Waals surface area contributed by atoms with E-state index in [1.807, 2.05) is 6.92 Å². The van der Waals surface area contributed by atoms with Gasteiger partial charge in [0, 0.05) is 7.05 Å². The van der Waals surface area contributed by atoms with E-state index < -0.39 is 10.0 Å². The van der Waals surface area contributed by atoms with Crippen molar-refractivity contribution in [2.24, 2.45) is 17.9 Å². The highest BCUT2D eigenvalue weighted by atomic mass is 32.2. The van der Waals surface area contributed by atoms with Crippen LogP contribution in [0.4, 0.5) is 5.82 Å². The highest BCUT2D eigenvalue weighted by Gasteiger charge is 2.18. The summed E-state index contributed by atoms with van der Waals surface area (Å²) in [6.07, 6.45) is 2.66. The van der Waals surface area contributed by atoms with Crippen LogP contribution in [-0.4, -0.2) is 35.0 Å². The number of unbranched alkanes of at least 4 members (excludes halogenated alkanes) is 1. The van der Waals surface area contributed by atoms with Crippen LogP contribution in [0.15, 0.2) is 11.4 Å². The average molecular weight is 275 g/mol. The van der Waals surface area contributed by atoms with Crippen molar-refractivity contribution in [3.8, 4) is 0 Å². The van der Waals surface area contributed by atoms with E-state index in [4.69, 9.17) is 10.9 Å². The van der Waals surface area contributed by atoms with E-state index >= 15 is 0 Å². The molecule has 18 heavy (non-hydrogen) atoms. The van der Waals surface area contributed by atoms with Crippen LogP contribution in [-0.2, 0) is 17.1 Å². The van der Waals surface area contributed by atoms with Gasteiger partial charge >= 0.3 is 0 Å². The van der Waals surface area contributed by atoms with E-state index in [9.17, 15) is 8.42 Å². The Hall–Kier alpha value is -1.77. The van der Waals surface area contributed by atoms with E-state index in [2.05, 4.69) is 15.0 Å². The van der Waals surface area contributed by atoms with Gasteiger partial charge in [-0.2, -0.15) is 5.10 Å². The maximum atomic E-state index is 11.8. The number of nitrogens with one attached hydrogen (secondary N) is 1. The Kier molecular flexibility index (Phi) is 4.54. The molecule has 0 unspecified atom stereocenters. The normalized spacial score (nSPS) is 12.7. The summed E-state index contributed by atoms with van der Waals surface area (Å²) in [4.78, 5) is 0. The van der Waals surface area contributed by atoms with Crippen molar-refractivity contribution in [1.29, 1.82) is 0 Å². The molecule has 102 valence electrons. The topological polar surface area (TPSA) is 123 Å². The first-order valence-corrected chi connectivity index (χ1v) is 7.07. The van der Waals surface area contributed by atoms with Gasteiger partial charge in [0.15, 0.2) is 5.84 Å². The van der Waals surface area contributed by atoms with Crippen molar-refractivity contribution < 1.29 is 13.6 Å². The van der Waals surface area contributed by atoms with Gasteiger partial charge in [-0.05, 0) is 6.42 Å². The molecule has 0 aliphatic heterocycles. The minimum Gasteiger partial charge on any atom is -0.409 e. The minimum absolute atomic E-state index is 0.0181. The molecule has 0 aliphatic carbocycles. The van der Waals surface area contributed by atoms with E-state index in [0.717, 1.165) is 6.42 Å². The Bertz CT molecular complexity index is 534. The fourth-order valence-corrected chi connectivity index (χ4v) is 2.64. The lowest BCUT2D eigenvalue weighted by molar-refractivity contribution is 0.318. The first-order chi connectivity index (χ1) is 8.41. The Morgan fingerprint density at radius 1 is 1.67 bits per heavy atom. The number of aryl methyl sites for hydroxylation is 1. The Morgan fingerprint density at radius 3 is 2.89 bits per heavy atom. The predicted octanol–water partition coefficient (Wildman–Crippen LogP) is 0.0564. The molecule has 1 heterocycles. The number of nitrogens with two attached hydrogens (primary N) is 1. The van der Waals surface area contributed by atoms with Crippen LogP contribution in [0.2, 0.25) is 0 Å². The van der Waals surface area contributed by atoms with Crippen molar-refractivity contribution in [2.45, 2.75) is 19.8 Å². The van der Waals surface area contributed by atoms with Gasteiger partial charge in [0.05, 0.1) is 17.5 Å². The van der Waals surface area contributed by atoms with Gasteiger partial charge in [0.1, 0.15) is 5.82 Å². The molecule has 0 aliphatic rings. The van der Waals surface area contributed by atoms with Gasteiger partial charge in [0.2, 0.25) is 10.0 Å². The largest absolute Gasteiger partial charge is 0.409 e. The summed E-state index contributed by atoms with van der Waals surface area (Å²) in [5, 5.41) is 15.3. The predicted molar refractivity (Wildman–Crippen MR) is 68.0 cm³/mol. The summed E-state index contributed by atoms with van der Waals surface area (Å²) in [5.74, 6) is 0.00212. The van der Waals surface area contributed by atoms with Crippen molar-refractivity contribution in [2.75, 3.05) is 10.5 Å². The fraction of sp³-hybridized carbons (Fsp3) is 0.556. The average Bonchev–Trinajstić information content (AvgIpc) is 2.67. The molecule has 1 rings (SSSR count). The maximum Gasteiger partial charge on any atom is 0.233 e. The molecule has 9 heteroatoms. The summed E-state index contributed by atoms with van der Waals surface area (Å²) < 4.78 is 27.3. The number of anilines is 1. The second kappa shape index (κ2) is 5.71. The van der Waals surface area contributed by atoms with Crippen molar-refractivity contribution >= 4 is 21.7 Å². The molecule has 0 radical (unpaired) electrons. The van der Waals surface area contributed by atoms with Crippen molar-refractivity contribution in [3.63, 3.8) is 0 Å². The molecule has 0 aromatic carbocycles. The fourth-order valence-electron chi connectivity index (χ4n) is 1.33. The molecule has 8 nitrogen and oxygen atoms in total. The van der Waals surface area contributed by atoms with Crippen LogP contribution in [0.1, 0.15) is 25.3 Å². The van der Waals surface area contributed by atoms with E-state index in [1.54, 1.807) is 7.05 Å². The zero-order valence-corrected chi connectivity index (χ0v) is 11.1. The smallest absolute Gasteiger partial charge is 0.233 e. The molecule has 0 atom stereocenters. The van der Waals surface area contributed by atoms with Gasteiger partial charge in [-0.25, -0.2) is 8.42 Å². The highest BCUT2D eigenvalue weighted by molar-refractivity contribution is 7.92. The number of aromatic nitrogens is 2. The van der Waals surface area contributed by atoms with Crippen LogP contribution < -0.4 is 10.5 Å². The SMILES string of the molecule is CCCCS(=O)(=O)Nc1c(C(N)=NO)cnn1C. The second-order valence-corrected chi connectivity index (χ2v) is 5.63. The number of hydrogen-bond donors (Lipinski definition) is 3. The molecular weight excluding hydrogens is 258 g/mol. The molecule has 0 bridgehead atoms. The Balaban J connectivity index is 3.01. The maximum absolute atomic E-state index is 11.8. The molecular formula is C9H17N5O3S. The molecule has 0 amide bonds. The lowest BCUT2D eigenvalue weighted by Crippen LogP contribution is -2.22. The third kappa shape index (κ3) is 3.36. The quantitative estimate of drug-likeness (QED) is 0.293. The summed E-state index contributed by atoms with van der Waals surface area (Å²) in [6.45, 7) is 1.90. The molecule has 0 saturated heterocycles. The van der Waals surface area contributed by atoms with Crippen molar-refractivity contribution in [3.05, 3.63) is 11.8 Å². The van der Waals surface area contributed by atoms with Gasteiger partial charge in [0.25, 0.3) is 0 Å². The number of rotatable bonds is 6. The second-order valence-electron chi connectivity index (χ2n) is 3.79. The zero-order valence-electron chi connectivity index (χ0n) is 10.3. The first kappa shape index (κ1) is 14.3. The summed E-state index contributed by atoms with van der Waals surface area (Å²) in [7, 11) is -1.90. The number of amidine groups is 1. The van der Waals surface area contributed by atoms with Crippen molar-refractivity contribution in [1.82, 2.24) is 9.78 Å². The number of hydrogen-bond acceptors (Lipinski definition) is 5. The third-order valence-electron chi connectivity index (χ3n) is 2.34. The molecule has 0 saturated carbocycles. The summed E-state index contributed by atoms with van der Waals surface area (Å²) in [6, 6.07) is 0. The molecule has 1 aromatic heterocycles. The zero-order chi connectivity index (χ0) is 13.8. The Labute approximate surface area is 106 Å². The van der Waals surface area contributed by atoms with Crippen LogP contribution in [0.3, 0.4) is 0 Å². The number of nitrogens with zero attached hydrogens (tertiary/aromatic N) is 3. The van der Waals surface area contributed by atoms with E-state index in [-0.39, 0.29) is 23.0 Å². The highest BCUT2D eigenvalue weighted by Crippen LogP contribution is 2.15. The number of oxime groups is 1. The summed E-state index contributed by atoms with van der Waals surface area (Å²) in [5.41, 5.74) is 5.68. The van der Waals surface area contributed by atoms with Gasteiger partial charge in [-0.3, -0.25) is 9.40 Å². The standard InChI is InChI=1S/C9H17N5O3S/c1-3-4-5-18(16,17)13-9-7(8(10)12-15)6-11-14(9)2/h6,13,15H,3-5H2,1-2H3,(H2,10,12). The van der Waals surface area contributed by atoms with Gasteiger partial charge < -0.3 is 10.9 Å². The lowest BCUT2D eigenvalue weighted by Gasteiger charge is -2.09. The van der Waals surface area contributed by atoms with Gasteiger partial charge in [-0.15, -0.1) is 0 Å². The first-order valence-electron chi connectivity index (χ1n) is 5.41. The third-order valence-corrected chi connectivity index (χ3v) is 3.67. The van der Waals surface area contributed by atoms with Crippen LogP contribution in [0.5, 0.6) is 0 Å². The van der Waals surface area contributed by atoms with Gasteiger partial charge in [-0.1, -0.05) is 18.5 Å². The minimum atomic E-state index is -3.46. The Morgan fingerprint density at radius 2 is 2.33 bits per heavy atom. The molecule has 0 fully saturated rings. The molecule has 0 spiro atoms. The van der Waals surface area contributed by atoms with E-state index in [1.165, 1.54) is 10.9 Å². The molecule has 1 aromatic rings. The summed E-state index contributed by atoms with van der Waals surface area (Å²) >= 11 is 0. The van der Waals surface area contributed by atoms with Crippen LogP contribution in [0, 0.1) is 0 Å². The number of sulfonamides is 1. The van der Waals surface area contributed by atoms with Crippen LogP contribution >= 0.6 is 0 Å². The molecule has 4 N–H and O–H groups in total. The van der Waals surface area contributed by atoms with E-state index in [0.29, 0.717) is 6.42 Å².